The number of aryl methyl sites for hydroxylation is 2. The number of nitrogens with two attached hydrogens (primary N) is 2. The van der Waals surface area contributed by atoms with Crippen LogP contribution in [0.2, 0.25) is 0 Å². The van der Waals surface area contributed by atoms with E-state index in [9.17, 15) is 18.0 Å². The second-order valence-electron chi connectivity index (χ2n) is 9.91. The maximum absolute atomic E-state index is 13.8. The molecule has 0 radical (unpaired) electrons. The van der Waals surface area contributed by atoms with E-state index in [-0.39, 0.29) is 29.1 Å². The van der Waals surface area contributed by atoms with Crippen molar-refractivity contribution in [3.05, 3.63) is 76.2 Å². The summed E-state index contributed by atoms with van der Waals surface area (Å²) in [5.74, 6) is 5.79. The second kappa shape index (κ2) is 13.1. The van der Waals surface area contributed by atoms with E-state index < -0.39 is 17.6 Å². The molecule has 2 aromatic carbocycles. The smallest absolute Gasteiger partial charge is 0.416 e. The molecule has 13 heteroatoms. The van der Waals surface area contributed by atoms with Gasteiger partial charge in [0.25, 0.3) is 5.91 Å². The van der Waals surface area contributed by atoms with E-state index in [0.717, 1.165) is 23.4 Å². The Balaban J connectivity index is 1.91. The Morgan fingerprint density at radius 3 is 2.49 bits per heavy atom. The van der Waals surface area contributed by atoms with Crippen LogP contribution in [0.15, 0.2) is 42.7 Å². The minimum atomic E-state index is -4.62. The van der Waals surface area contributed by atoms with Crippen LogP contribution in [0.3, 0.4) is 0 Å². The van der Waals surface area contributed by atoms with Crippen LogP contribution in [-0.4, -0.2) is 54.9 Å². The van der Waals surface area contributed by atoms with Gasteiger partial charge in [0, 0.05) is 55.3 Å². The largest absolute Gasteiger partial charge is 0.494 e. The molecule has 0 unspecified atom stereocenters. The zero-order valence-electron chi connectivity index (χ0n) is 24.1. The Morgan fingerprint density at radius 1 is 1.20 bits per heavy atom. The van der Waals surface area contributed by atoms with Gasteiger partial charge < -0.3 is 26.0 Å². The molecule has 0 aliphatic heterocycles. The third-order valence-electron chi connectivity index (χ3n) is 6.57. The second-order valence-corrected chi connectivity index (χ2v) is 9.91. The minimum absolute atomic E-state index is 0.0975. The van der Waals surface area contributed by atoms with Crippen molar-refractivity contribution in [2.45, 2.75) is 26.6 Å². The lowest BCUT2D eigenvalue weighted by Gasteiger charge is -2.20. The molecule has 0 fully saturated rings. The van der Waals surface area contributed by atoms with Crippen LogP contribution in [0, 0.1) is 13.8 Å². The van der Waals surface area contributed by atoms with E-state index in [1.807, 2.05) is 32.8 Å². The van der Waals surface area contributed by atoms with E-state index in [4.69, 9.17) is 16.3 Å². The van der Waals surface area contributed by atoms with Crippen LogP contribution in [0.4, 0.5) is 24.5 Å². The van der Waals surface area contributed by atoms with E-state index >= 15 is 0 Å². The first-order chi connectivity index (χ1) is 19.2. The van der Waals surface area contributed by atoms with Gasteiger partial charge in [-0.1, -0.05) is 6.07 Å². The highest BCUT2D eigenvalue weighted by Gasteiger charge is 2.33. The first-order valence-corrected chi connectivity index (χ1v) is 12.8. The predicted molar refractivity (Wildman–Crippen MR) is 154 cm³/mol. The molecular formula is C28H37F3N8O2. The lowest BCUT2D eigenvalue weighted by atomic mass is 10.1. The Kier molecular flexibility index (Phi) is 10.0. The monoisotopic (exact) mass is 574 g/mol. The molecule has 0 aliphatic carbocycles. The molecule has 0 bridgehead atoms. The summed E-state index contributed by atoms with van der Waals surface area (Å²) in [4.78, 5) is 15.2. The molecule has 222 valence electrons. The highest BCUT2D eigenvalue weighted by Crippen LogP contribution is 2.38. The van der Waals surface area contributed by atoms with Crippen molar-refractivity contribution < 1.29 is 22.7 Å². The normalized spacial score (nSPS) is 12.1. The predicted octanol–water partition coefficient (Wildman–Crippen LogP) is 3.61. The van der Waals surface area contributed by atoms with Crippen LogP contribution in [0.1, 0.15) is 38.3 Å². The summed E-state index contributed by atoms with van der Waals surface area (Å²) in [5, 5.41) is 11.2. The average molecular weight is 575 g/mol. The number of aromatic nitrogens is 2. The molecule has 1 heterocycles. The first-order valence-electron chi connectivity index (χ1n) is 12.8. The third kappa shape index (κ3) is 7.78. The molecule has 0 atom stereocenters. The SMILES string of the molecule is COc1c(CNCCN(C)C)cc(C(F)(F)F)cc1NC(=O)c1ccc(C)c(N(N)/C=C(\N)c2cnn(C)c2C)c1. The lowest BCUT2D eigenvalue weighted by Crippen LogP contribution is -2.27. The van der Waals surface area contributed by atoms with E-state index in [1.54, 1.807) is 30.1 Å². The van der Waals surface area contributed by atoms with E-state index in [1.165, 1.54) is 24.4 Å². The number of hydrogen-bond donors (Lipinski definition) is 4. The standard InChI is InChI=1S/C28H37F3N8O2/c1-17-7-8-19(12-25(17)39(33)16-23(32)22-15-35-38(5)18(22)2)27(40)36-24-13-21(28(29,30)31)11-20(26(24)41-6)14-34-9-10-37(3)4/h7-8,11-13,15-16,34H,9-10,14,32-33H2,1-6H3,(H,36,40)/b23-16-. The molecule has 6 N–H and O–H groups in total. The summed E-state index contributed by atoms with van der Waals surface area (Å²) in [6, 6.07) is 6.67. The van der Waals surface area contributed by atoms with Gasteiger partial charge in [-0.05, 0) is 57.8 Å². The molecule has 41 heavy (non-hydrogen) atoms. The molecule has 10 nitrogen and oxygen atoms in total. The van der Waals surface area contributed by atoms with Gasteiger partial charge >= 0.3 is 6.18 Å². The van der Waals surface area contributed by atoms with Crippen molar-refractivity contribution in [3.63, 3.8) is 0 Å². The molecule has 0 aliphatic rings. The number of nitrogens with zero attached hydrogens (tertiary/aromatic N) is 4. The summed E-state index contributed by atoms with van der Waals surface area (Å²) in [6.07, 6.45) is -1.49. The molecule has 0 saturated carbocycles. The number of methoxy groups -OCH3 is 1. The summed E-state index contributed by atoms with van der Waals surface area (Å²) < 4.78 is 48.4. The van der Waals surface area contributed by atoms with Gasteiger partial charge in [-0.3, -0.25) is 14.5 Å². The number of ether oxygens (including phenoxy) is 1. The van der Waals surface area contributed by atoms with Crippen LogP contribution in [0.5, 0.6) is 5.75 Å². The molecular weight excluding hydrogens is 537 g/mol. The van der Waals surface area contributed by atoms with Crippen molar-refractivity contribution in [3.8, 4) is 5.75 Å². The molecule has 1 aromatic heterocycles. The quantitative estimate of drug-likeness (QED) is 0.156. The number of nitrogens with one attached hydrogen (secondary N) is 2. The van der Waals surface area contributed by atoms with Crippen LogP contribution >= 0.6 is 0 Å². The van der Waals surface area contributed by atoms with Gasteiger partial charge in [0.05, 0.1) is 35.9 Å². The van der Waals surface area contributed by atoms with Gasteiger partial charge in [-0.15, -0.1) is 0 Å². The maximum atomic E-state index is 13.8. The lowest BCUT2D eigenvalue weighted by molar-refractivity contribution is -0.137. The van der Waals surface area contributed by atoms with Crippen molar-refractivity contribution in [1.82, 2.24) is 20.0 Å². The number of carbonyl (C=O) groups is 1. The zero-order valence-corrected chi connectivity index (χ0v) is 24.1. The number of hydrogen-bond acceptors (Lipinski definition) is 8. The first kappa shape index (κ1) is 31.5. The van der Waals surface area contributed by atoms with Crippen molar-refractivity contribution in [1.29, 1.82) is 0 Å². The number of carbonyl (C=O) groups excluding carboxylic acids is 1. The van der Waals surface area contributed by atoms with Gasteiger partial charge in [0.15, 0.2) is 0 Å². The van der Waals surface area contributed by atoms with Gasteiger partial charge in [0.1, 0.15) is 5.75 Å². The summed E-state index contributed by atoms with van der Waals surface area (Å²) in [5.41, 5.74) is 8.83. The van der Waals surface area contributed by atoms with Crippen molar-refractivity contribution in [2.24, 2.45) is 18.6 Å². The summed E-state index contributed by atoms with van der Waals surface area (Å²) in [7, 11) is 6.93. The fourth-order valence-electron chi connectivity index (χ4n) is 4.14. The fraction of sp³-hybridized carbons (Fsp3) is 0.357. The van der Waals surface area contributed by atoms with Crippen LogP contribution in [-0.2, 0) is 19.8 Å². The number of anilines is 2. The van der Waals surface area contributed by atoms with E-state index in [2.05, 4.69) is 15.7 Å². The Morgan fingerprint density at radius 2 is 1.90 bits per heavy atom. The van der Waals surface area contributed by atoms with Gasteiger partial charge in [-0.2, -0.15) is 18.3 Å². The maximum Gasteiger partial charge on any atom is 0.416 e. The number of alkyl halides is 3. The third-order valence-corrected chi connectivity index (χ3v) is 6.57. The fourth-order valence-corrected chi connectivity index (χ4v) is 4.14. The number of amides is 1. The molecule has 3 aromatic rings. The van der Waals surface area contributed by atoms with E-state index in [0.29, 0.717) is 30.0 Å². The summed E-state index contributed by atoms with van der Waals surface area (Å²) >= 11 is 0. The van der Waals surface area contributed by atoms with Crippen molar-refractivity contribution >= 4 is 23.0 Å². The number of likely N-dealkylation sites (N-methyl/N-ethyl adjacent to an activating group) is 1. The highest BCUT2D eigenvalue weighted by molar-refractivity contribution is 6.06. The van der Waals surface area contributed by atoms with Gasteiger partial charge in [-0.25, -0.2) is 5.84 Å². The molecule has 0 spiro atoms. The number of hydrazine groups is 1. The Hall–Kier alpha value is -4.07. The van der Waals surface area contributed by atoms with Crippen LogP contribution in [0.25, 0.3) is 5.70 Å². The molecule has 0 saturated heterocycles. The number of benzene rings is 2. The highest BCUT2D eigenvalue weighted by atomic mass is 19.4. The summed E-state index contributed by atoms with van der Waals surface area (Å²) in [6.45, 7) is 5.04. The topological polar surface area (TPSA) is 127 Å². The molecule has 3 rings (SSSR count). The Labute approximate surface area is 237 Å². The average Bonchev–Trinajstić information content (AvgIpc) is 3.23. The molecule has 1 amide bonds. The number of rotatable bonds is 11. The van der Waals surface area contributed by atoms with Crippen LogP contribution < -0.4 is 32.0 Å². The van der Waals surface area contributed by atoms with Gasteiger partial charge in [0.2, 0.25) is 0 Å². The minimum Gasteiger partial charge on any atom is -0.494 e. The van der Waals surface area contributed by atoms with Crippen molar-refractivity contribution in [2.75, 3.05) is 44.6 Å². The number of halogens is 3. The Bertz CT molecular complexity index is 1420. The zero-order chi connectivity index (χ0) is 30.5.